The zero-order valence-corrected chi connectivity index (χ0v) is 13.2. The lowest BCUT2D eigenvalue weighted by atomic mass is 9.73. The van der Waals surface area contributed by atoms with Crippen LogP contribution in [0.25, 0.3) is 0 Å². The monoisotopic (exact) mass is 317 g/mol. The minimum Gasteiger partial charge on any atom is -0.497 e. The summed E-state index contributed by atoms with van der Waals surface area (Å²) in [4.78, 5) is 0. The molecule has 5 heteroatoms. The van der Waals surface area contributed by atoms with Crippen molar-refractivity contribution in [1.29, 1.82) is 0 Å². The van der Waals surface area contributed by atoms with Crippen molar-refractivity contribution in [1.82, 2.24) is 5.32 Å². The molecule has 2 atom stereocenters. The van der Waals surface area contributed by atoms with Gasteiger partial charge in [0, 0.05) is 11.6 Å². The van der Waals surface area contributed by atoms with E-state index < -0.39 is 0 Å². The normalized spacial score (nSPS) is 29.2. The van der Waals surface area contributed by atoms with Crippen molar-refractivity contribution in [2.75, 3.05) is 20.3 Å². The summed E-state index contributed by atoms with van der Waals surface area (Å²) in [5.41, 5.74) is 1.04. The van der Waals surface area contributed by atoms with E-state index in [1.807, 2.05) is 12.1 Å². The summed E-state index contributed by atoms with van der Waals surface area (Å²) in [6.07, 6.45) is 4.89. The van der Waals surface area contributed by atoms with Crippen molar-refractivity contribution < 1.29 is 9.47 Å². The highest BCUT2D eigenvalue weighted by Gasteiger charge is 2.45. The van der Waals surface area contributed by atoms with Crippen molar-refractivity contribution in [2.24, 2.45) is 0 Å². The van der Waals surface area contributed by atoms with E-state index in [9.17, 15) is 0 Å². The Balaban J connectivity index is 0.00000147. The third-order valence-corrected chi connectivity index (χ3v) is 4.67. The van der Waals surface area contributed by atoms with Gasteiger partial charge >= 0.3 is 0 Å². The van der Waals surface area contributed by atoms with Gasteiger partial charge in [-0.3, -0.25) is 0 Å². The Bertz CT molecular complexity index is 455. The first-order valence-electron chi connectivity index (χ1n) is 6.97. The molecule has 1 N–H and O–H groups in total. The van der Waals surface area contributed by atoms with Gasteiger partial charge in [0.05, 0.1) is 25.4 Å². The van der Waals surface area contributed by atoms with Crippen LogP contribution >= 0.6 is 24.0 Å². The molecule has 0 spiro atoms. The van der Waals surface area contributed by atoms with Crippen LogP contribution in [0.3, 0.4) is 0 Å². The summed E-state index contributed by atoms with van der Waals surface area (Å²) < 4.78 is 11.2. The highest BCUT2D eigenvalue weighted by molar-refractivity contribution is 6.31. The highest BCUT2D eigenvalue weighted by atomic mass is 35.5. The molecule has 1 aromatic rings. The molecule has 1 aliphatic carbocycles. The fourth-order valence-corrected chi connectivity index (χ4v) is 3.77. The summed E-state index contributed by atoms with van der Waals surface area (Å²) in [6.45, 7) is 1.68. The summed E-state index contributed by atoms with van der Waals surface area (Å²) in [7, 11) is 1.66. The maximum absolute atomic E-state index is 6.48. The molecular weight excluding hydrogens is 297 g/mol. The predicted octanol–water partition coefficient (Wildman–Crippen LogP) is 3.53. The van der Waals surface area contributed by atoms with Crippen LogP contribution in [-0.2, 0) is 10.3 Å². The maximum atomic E-state index is 6.48. The van der Waals surface area contributed by atoms with Gasteiger partial charge < -0.3 is 14.8 Å². The number of halogens is 2. The minimum absolute atomic E-state index is 0. The SMILES string of the molecule is COc1ccc(C23CCCCC2OCCN3)c(Cl)c1.Cl. The van der Waals surface area contributed by atoms with Crippen molar-refractivity contribution in [3.63, 3.8) is 0 Å². The van der Waals surface area contributed by atoms with Crippen molar-refractivity contribution in [3.8, 4) is 5.75 Å². The van der Waals surface area contributed by atoms with E-state index >= 15 is 0 Å². The second kappa shape index (κ2) is 6.52. The first-order valence-corrected chi connectivity index (χ1v) is 7.35. The quantitative estimate of drug-likeness (QED) is 0.905. The van der Waals surface area contributed by atoms with Gasteiger partial charge in [0.2, 0.25) is 0 Å². The number of hydrogen-bond acceptors (Lipinski definition) is 3. The van der Waals surface area contributed by atoms with E-state index in [-0.39, 0.29) is 24.0 Å². The van der Waals surface area contributed by atoms with Gasteiger partial charge in [0.1, 0.15) is 5.75 Å². The maximum Gasteiger partial charge on any atom is 0.120 e. The number of fused-ring (bicyclic) bond motifs is 1. The third-order valence-electron chi connectivity index (χ3n) is 4.36. The average Bonchev–Trinajstić information content (AvgIpc) is 2.46. The molecule has 3 rings (SSSR count). The summed E-state index contributed by atoms with van der Waals surface area (Å²) in [5, 5.41) is 4.45. The van der Waals surface area contributed by atoms with Crippen LogP contribution in [0.4, 0.5) is 0 Å². The number of rotatable bonds is 2. The Labute approximate surface area is 131 Å². The molecule has 1 aliphatic heterocycles. The second-order valence-corrected chi connectivity index (χ2v) is 5.76. The topological polar surface area (TPSA) is 30.5 Å². The van der Waals surface area contributed by atoms with Crippen LogP contribution in [0.2, 0.25) is 5.02 Å². The number of benzene rings is 1. The molecule has 2 aliphatic rings. The van der Waals surface area contributed by atoms with E-state index in [2.05, 4.69) is 11.4 Å². The zero-order valence-electron chi connectivity index (χ0n) is 11.7. The zero-order chi connectivity index (χ0) is 13.3. The average molecular weight is 318 g/mol. The summed E-state index contributed by atoms with van der Waals surface area (Å²) in [6, 6.07) is 5.96. The molecule has 20 heavy (non-hydrogen) atoms. The molecule has 1 saturated carbocycles. The van der Waals surface area contributed by atoms with Gasteiger partial charge in [-0.1, -0.05) is 30.5 Å². The first kappa shape index (κ1) is 15.9. The van der Waals surface area contributed by atoms with Gasteiger partial charge in [-0.25, -0.2) is 0 Å². The largest absolute Gasteiger partial charge is 0.497 e. The molecule has 0 radical (unpaired) electrons. The first-order chi connectivity index (χ1) is 9.26. The second-order valence-electron chi connectivity index (χ2n) is 5.35. The molecular formula is C15H21Cl2NO2. The summed E-state index contributed by atoms with van der Waals surface area (Å²) in [5.74, 6) is 0.800. The lowest BCUT2D eigenvalue weighted by Gasteiger charge is -2.48. The van der Waals surface area contributed by atoms with Crippen LogP contribution in [0.5, 0.6) is 5.75 Å². The molecule has 0 bridgehead atoms. The van der Waals surface area contributed by atoms with Gasteiger partial charge in [0.25, 0.3) is 0 Å². The van der Waals surface area contributed by atoms with Gasteiger partial charge in [0.15, 0.2) is 0 Å². The van der Waals surface area contributed by atoms with E-state index in [1.54, 1.807) is 7.11 Å². The number of hydrogen-bond donors (Lipinski definition) is 1. The Morgan fingerprint density at radius 2 is 2.25 bits per heavy atom. The number of nitrogens with one attached hydrogen (secondary N) is 1. The van der Waals surface area contributed by atoms with Crippen LogP contribution in [-0.4, -0.2) is 26.4 Å². The molecule has 3 nitrogen and oxygen atoms in total. The van der Waals surface area contributed by atoms with E-state index in [0.29, 0.717) is 0 Å². The van der Waals surface area contributed by atoms with Gasteiger partial charge in [-0.15, -0.1) is 12.4 Å². The Hall–Kier alpha value is -0.480. The number of methoxy groups -OCH3 is 1. The van der Waals surface area contributed by atoms with E-state index in [4.69, 9.17) is 21.1 Å². The Kier molecular flexibility index (Phi) is 5.19. The molecule has 1 heterocycles. The van der Waals surface area contributed by atoms with E-state index in [0.717, 1.165) is 42.3 Å². The smallest absolute Gasteiger partial charge is 0.120 e. The molecule has 0 amide bonds. The highest BCUT2D eigenvalue weighted by Crippen LogP contribution is 2.43. The summed E-state index contributed by atoms with van der Waals surface area (Å²) >= 11 is 6.48. The standard InChI is InChI=1S/C15H20ClNO2.ClH/c1-18-11-5-6-12(13(16)10-11)15-7-3-2-4-14(15)19-9-8-17-15;/h5-6,10,14,17H,2-4,7-9H2,1H3;1H. The molecule has 2 fully saturated rings. The molecule has 0 aromatic heterocycles. The predicted molar refractivity (Wildman–Crippen MR) is 83.1 cm³/mol. The van der Waals surface area contributed by atoms with Gasteiger partial charge in [-0.05, 0) is 30.5 Å². The van der Waals surface area contributed by atoms with Crippen LogP contribution in [0, 0.1) is 0 Å². The number of morpholine rings is 1. The van der Waals surface area contributed by atoms with Gasteiger partial charge in [-0.2, -0.15) is 0 Å². The van der Waals surface area contributed by atoms with Crippen LogP contribution < -0.4 is 10.1 Å². The van der Waals surface area contributed by atoms with Crippen molar-refractivity contribution in [2.45, 2.75) is 37.3 Å². The molecule has 1 aromatic carbocycles. The fourth-order valence-electron chi connectivity index (χ4n) is 3.43. The molecule has 2 unspecified atom stereocenters. The Morgan fingerprint density at radius 1 is 1.40 bits per heavy atom. The minimum atomic E-state index is -0.111. The van der Waals surface area contributed by atoms with Crippen molar-refractivity contribution in [3.05, 3.63) is 28.8 Å². The van der Waals surface area contributed by atoms with Crippen LogP contribution in [0.15, 0.2) is 18.2 Å². The Morgan fingerprint density at radius 3 is 3.00 bits per heavy atom. The third kappa shape index (κ3) is 2.64. The lowest BCUT2D eigenvalue weighted by Crippen LogP contribution is -2.59. The molecule has 112 valence electrons. The molecule has 1 saturated heterocycles. The number of ether oxygens (including phenoxy) is 2. The van der Waals surface area contributed by atoms with Crippen molar-refractivity contribution >= 4 is 24.0 Å². The fraction of sp³-hybridized carbons (Fsp3) is 0.600. The van der Waals surface area contributed by atoms with E-state index in [1.165, 1.54) is 12.8 Å². The van der Waals surface area contributed by atoms with Crippen LogP contribution in [0.1, 0.15) is 31.2 Å². The lowest BCUT2D eigenvalue weighted by molar-refractivity contribution is -0.0756.